The molecule has 0 bridgehead atoms. The maximum atomic E-state index is 11.6. The molecular formula is C20H18O4. The molecule has 122 valence electrons. The predicted octanol–water partition coefficient (Wildman–Crippen LogP) is 3.91. The van der Waals surface area contributed by atoms with Crippen molar-refractivity contribution >= 4 is 11.9 Å². The van der Waals surface area contributed by atoms with Crippen molar-refractivity contribution in [2.45, 2.75) is 12.2 Å². The van der Waals surface area contributed by atoms with Gasteiger partial charge in [0, 0.05) is 12.7 Å². The van der Waals surface area contributed by atoms with E-state index in [9.17, 15) is 9.90 Å². The van der Waals surface area contributed by atoms with Gasteiger partial charge >= 0.3 is 0 Å². The largest absolute Gasteiger partial charge is 0.506 e. The van der Waals surface area contributed by atoms with Crippen LogP contribution in [-0.2, 0) is 9.53 Å². The number of hydrogen-bond donors (Lipinski definition) is 1. The van der Waals surface area contributed by atoms with E-state index in [1.54, 1.807) is 12.1 Å². The molecule has 1 unspecified atom stereocenters. The van der Waals surface area contributed by atoms with Crippen LogP contribution in [0.15, 0.2) is 78.1 Å². The average Bonchev–Trinajstić information content (AvgIpc) is 2.64. The first-order valence-electron chi connectivity index (χ1n) is 7.62. The van der Waals surface area contributed by atoms with E-state index in [1.807, 2.05) is 48.5 Å². The van der Waals surface area contributed by atoms with E-state index in [2.05, 4.69) is 0 Å². The summed E-state index contributed by atoms with van der Waals surface area (Å²) in [5.41, 5.74) is 2.04. The van der Waals surface area contributed by atoms with Gasteiger partial charge < -0.3 is 14.6 Å². The van der Waals surface area contributed by atoms with Crippen molar-refractivity contribution in [2.75, 3.05) is 7.11 Å². The molecule has 0 fully saturated rings. The molecule has 1 aliphatic rings. The van der Waals surface area contributed by atoms with Crippen LogP contribution in [0, 0.1) is 0 Å². The highest BCUT2D eigenvalue weighted by Crippen LogP contribution is 2.38. The summed E-state index contributed by atoms with van der Waals surface area (Å²) >= 11 is 0. The number of carbonyl (C=O) groups excluding carboxylic acids is 1. The Balaban J connectivity index is 2.00. The number of aliphatic hydroxyl groups is 1. The summed E-state index contributed by atoms with van der Waals surface area (Å²) in [6, 6.07) is 18.5. The molecule has 0 saturated heterocycles. The third-order valence-corrected chi connectivity index (χ3v) is 4.02. The molecule has 0 aromatic heterocycles. The van der Waals surface area contributed by atoms with Gasteiger partial charge in [0.1, 0.15) is 12.0 Å². The third kappa shape index (κ3) is 2.96. The molecule has 3 rings (SSSR count). The summed E-state index contributed by atoms with van der Waals surface area (Å²) in [6.45, 7) is 0. The monoisotopic (exact) mass is 322 g/mol. The predicted molar refractivity (Wildman–Crippen MR) is 91.6 cm³/mol. The van der Waals surface area contributed by atoms with E-state index < -0.39 is 5.79 Å². The Kier molecular flexibility index (Phi) is 4.49. The zero-order valence-corrected chi connectivity index (χ0v) is 13.3. The molecule has 4 nitrogen and oxygen atoms in total. The summed E-state index contributed by atoms with van der Waals surface area (Å²) < 4.78 is 11.4. The highest BCUT2D eigenvalue weighted by molar-refractivity contribution is 5.93. The van der Waals surface area contributed by atoms with E-state index in [0.717, 1.165) is 11.8 Å². The van der Waals surface area contributed by atoms with Gasteiger partial charge in [0.15, 0.2) is 5.76 Å². The number of aliphatic hydroxyl groups excluding tert-OH is 1. The maximum Gasteiger partial charge on any atom is 0.272 e. The number of methoxy groups -OCH3 is 1. The number of rotatable bonds is 5. The van der Waals surface area contributed by atoms with E-state index in [0.29, 0.717) is 16.9 Å². The van der Waals surface area contributed by atoms with Crippen LogP contribution in [0.4, 0.5) is 0 Å². The van der Waals surface area contributed by atoms with E-state index in [1.165, 1.54) is 13.2 Å². The molecule has 4 heteroatoms. The van der Waals surface area contributed by atoms with Gasteiger partial charge in [-0.25, -0.2) is 0 Å². The summed E-state index contributed by atoms with van der Waals surface area (Å²) in [5.74, 6) is -0.929. The maximum absolute atomic E-state index is 11.6. The van der Waals surface area contributed by atoms with Crippen molar-refractivity contribution in [2.24, 2.45) is 0 Å². The Morgan fingerprint density at radius 3 is 2.25 bits per heavy atom. The number of benzene rings is 2. The van der Waals surface area contributed by atoms with Crippen LogP contribution in [0.5, 0.6) is 5.75 Å². The van der Waals surface area contributed by atoms with Crippen molar-refractivity contribution in [3.05, 3.63) is 83.6 Å². The minimum atomic E-state index is -1.41. The van der Waals surface area contributed by atoms with Gasteiger partial charge in [-0.1, -0.05) is 48.5 Å². The first-order valence-corrected chi connectivity index (χ1v) is 7.62. The minimum Gasteiger partial charge on any atom is -0.506 e. The first-order chi connectivity index (χ1) is 11.7. The molecule has 0 radical (unpaired) electrons. The topological polar surface area (TPSA) is 55.8 Å². The molecule has 0 heterocycles. The van der Waals surface area contributed by atoms with E-state index >= 15 is 0 Å². The van der Waals surface area contributed by atoms with Gasteiger partial charge in [-0.3, -0.25) is 4.79 Å². The third-order valence-electron chi connectivity index (χ3n) is 4.02. The van der Waals surface area contributed by atoms with Crippen molar-refractivity contribution < 1.29 is 19.4 Å². The molecule has 0 aliphatic heterocycles. The number of carbonyl (C=O) groups is 1. The van der Waals surface area contributed by atoms with Gasteiger partial charge in [0.05, 0.1) is 6.42 Å². The normalized spacial score (nSPS) is 20.5. The number of para-hydroxylation sites is 1. The summed E-state index contributed by atoms with van der Waals surface area (Å²) in [6.07, 6.45) is 2.44. The standard InChI is InChI=1S/C20H18O4/c1-23-20(24-17-10-6-3-7-11-17)13-16(14-21)18(12-19(20)22)15-8-4-2-5-9-15/h2-12,14,22H,13H2,1H3. The summed E-state index contributed by atoms with van der Waals surface area (Å²) in [4.78, 5) is 11.6. The van der Waals surface area contributed by atoms with E-state index in [-0.39, 0.29) is 12.2 Å². The number of aldehydes is 1. The number of ether oxygens (including phenoxy) is 2. The van der Waals surface area contributed by atoms with Crippen LogP contribution in [0.25, 0.3) is 5.57 Å². The minimum absolute atomic E-state index is 0.0710. The van der Waals surface area contributed by atoms with Gasteiger partial charge in [0.2, 0.25) is 0 Å². The molecule has 1 aliphatic carbocycles. The van der Waals surface area contributed by atoms with E-state index in [4.69, 9.17) is 9.47 Å². The highest BCUT2D eigenvalue weighted by Gasteiger charge is 2.42. The summed E-state index contributed by atoms with van der Waals surface area (Å²) in [7, 11) is 1.45. The van der Waals surface area contributed by atoms with Crippen molar-refractivity contribution in [1.82, 2.24) is 0 Å². The Hall–Kier alpha value is -2.85. The van der Waals surface area contributed by atoms with Crippen LogP contribution < -0.4 is 4.74 Å². The molecule has 0 amide bonds. The fourth-order valence-electron chi connectivity index (χ4n) is 2.75. The second-order valence-electron chi connectivity index (χ2n) is 5.50. The molecule has 1 atom stereocenters. The molecule has 1 N–H and O–H groups in total. The zero-order valence-electron chi connectivity index (χ0n) is 13.3. The molecule has 2 aromatic carbocycles. The number of hydrogen-bond acceptors (Lipinski definition) is 4. The lowest BCUT2D eigenvalue weighted by Crippen LogP contribution is -2.42. The van der Waals surface area contributed by atoms with Crippen molar-refractivity contribution in [1.29, 1.82) is 0 Å². The van der Waals surface area contributed by atoms with Crippen LogP contribution in [0.1, 0.15) is 12.0 Å². The Bertz CT molecular complexity index is 778. The van der Waals surface area contributed by atoms with Gasteiger partial charge in [0.25, 0.3) is 5.79 Å². The molecule has 2 aromatic rings. The number of allylic oxidation sites excluding steroid dienone is 2. The summed E-state index contributed by atoms with van der Waals surface area (Å²) in [5, 5.41) is 10.6. The highest BCUT2D eigenvalue weighted by atomic mass is 16.7. The van der Waals surface area contributed by atoms with Crippen molar-refractivity contribution in [3.8, 4) is 5.75 Å². The zero-order chi connectivity index (χ0) is 17.0. The lowest BCUT2D eigenvalue weighted by molar-refractivity contribution is -0.156. The second-order valence-corrected chi connectivity index (χ2v) is 5.50. The Morgan fingerprint density at radius 2 is 1.67 bits per heavy atom. The molecule has 0 spiro atoms. The molecule has 0 saturated carbocycles. The average molecular weight is 322 g/mol. The second kappa shape index (κ2) is 6.72. The van der Waals surface area contributed by atoms with Crippen LogP contribution >= 0.6 is 0 Å². The fourth-order valence-corrected chi connectivity index (χ4v) is 2.75. The lowest BCUT2D eigenvalue weighted by Gasteiger charge is -2.35. The first kappa shape index (κ1) is 16.0. The Morgan fingerprint density at radius 1 is 1.04 bits per heavy atom. The Labute approximate surface area is 140 Å². The van der Waals surface area contributed by atoms with Crippen LogP contribution in [0.3, 0.4) is 0 Å². The van der Waals surface area contributed by atoms with Gasteiger partial charge in [-0.05, 0) is 29.3 Å². The van der Waals surface area contributed by atoms with Crippen LogP contribution in [0.2, 0.25) is 0 Å². The smallest absolute Gasteiger partial charge is 0.272 e. The van der Waals surface area contributed by atoms with Gasteiger partial charge in [-0.2, -0.15) is 0 Å². The van der Waals surface area contributed by atoms with Crippen LogP contribution in [-0.4, -0.2) is 24.3 Å². The molecular weight excluding hydrogens is 304 g/mol. The fraction of sp³-hybridized carbons (Fsp3) is 0.150. The SMILES string of the molecule is COC1(Oc2ccccc2)CC(C=O)=C(c2ccccc2)C=C1O. The quantitative estimate of drug-likeness (QED) is 0.670. The van der Waals surface area contributed by atoms with Crippen molar-refractivity contribution in [3.63, 3.8) is 0 Å². The lowest BCUT2D eigenvalue weighted by atomic mass is 9.88. The van der Waals surface area contributed by atoms with Gasteiger partial charge in [-0.15, -0.1) is 0 Å². The molecule has 24 heavy (non-hydrogen) atoms.